The summed E-state index contributed by atoms with van der Waals surface area (Å²) in [5.74, 6) is -0.822. The van der Waals surface area contributed by atoms with Crippen molar-refractivity contribution in [3.8, 4) is 6.07 Å². The molecule has 1 amide bonds. The predicted octanol–water partition coefficient (Wildman–Crippen LogP) is 3.95. The number of fused-ring (bicyclic) bond motifs is 2. The molecule has 0 bridgehead atoms. The molecule has 6 heteroatoms. The first-order chi connectivity index (χ1) is 14.5. The molecule has 1 aromatic carbocycles. The number of carbonyl (C=O) groups excluding carboxylic acids is 2. The van der Waals surface area contributed by atoms with E-state index in [1.165, 1.54) is 4.90 Å². The largest absolute Gasteiger partial charge is 0.449 e. The molecule has 6 nitrogen and oxygen atoms in total. The molecule has 0 aliphatic heterocycles. The standard InChI is InChI=1S/C24H27N3O3/c1-16(22(28)27(2)24(15-25)13-6-3-7-14-24)30-23(29)21-17-9-4-5-11-19(17)26-20-12-8-10-18(20)21/h4-5,9,11,16H,3,6-8,10,12-14H2,1-2H3/t16-/m0/s1. The van der Waals surface area contributed by atoms with Crippen LogP contribution in [0.15, 0.2) is 24.3 Å². The minimum absolute atomic E-state index is 0.332. The molecule has 2 aliphatic rings. The van der Waals surface area contributed by atoms with Gasteiger partial charge in [0.15, 0.2) is 6.10 Å². The SMILES string of the molecule is C[C@H](OC(=O)c1c2c(nc3ccccc13)CCC2)C(=O)N(C)C1(C#N)CCCCC1. The first-order valence-electron chi connectivity index (χ1n) is 10.8. The number of hydrogen-bond donors (Lipinski definition) is 0. The fourth-order valence-electron chi connectivity index (χ4n) is 4.86. The molecule has 30 heavy (non-hydrogen) atoms. The van der Waals surface area contributed by atoms with Gasteiger partial charge in [-0.05, 0) is 50.7 Å². The molecular formula is C24H27N3O3. The number of aromatic nitrogens is 1. The molecule has 2 aliphatic carbocycles. The van der Waals surface area contributed by atoms with E-state index in [1.807, 2.05) is 24.3 Å². The van der Waals surface area contributed by atoms with Gasteiger partial charge in [0.1, 0.15) is 5.54 Å². The monoisotopic (exact) mass is 405 g/mol. The fraction of sp³-hybridized carbons (Fsp3) is 0.500. The molecule has 2 aromatic rings. The minimum atomic E-state index is -0.960. The van der Waals surface area contributed by atoms with Crippen molar-refractivity contribution in [2.75, 3.05) is 7.05 Å². The first-order valence-corrected chi connectivity index (χ1v) is 10.8. The van der Waals surface area contributed by atoms with Crippen LogP contribution in [0.3, 0.4) is 0 Å². The van der Waals surface area contributed by atoms with Gasteiger partial charge in [-0.2, -0.15) is 5.26 Å². The van der Waals surface area contributed by atoms with Crippen molar-refractivity contribution in [1.29, 1.82) is 5.26 Å². The maximum atomic E-state index is 13.2. The summed E-state index contributed by atoms with van der Waals surface area (Å²) in [5, 5.41) is 10.5. The summed E-state index contributed by atoms with van der Waals surface area (Å²) >= 11 is 0. The normalized spacial score (nSPS) is 18.3. The summed E-state index contributed by atoms with van der Waals surface area (Å²) in [6.45, 7) is 1.59. The molecule has 0 unspecified atom stereocenters. The Morgan fingerprint density at radius 1 is 1.17 bits per heavy atom. The third-order valence-corrected chi connectivity index (χ3v) is 6.62. The second-order valence-electron chi connectivity index (χ2n) is 8.43. The highest BCUT2D eigenvalue weighted by Crippen LogP contribution is 2.34. The summed E-state index contributed by atoms with van der Waals surface area (Å²) in [7, 11) is 1.65. The van der Waals surface area contributed by atoms with Crippen molar-refractivity contribution in [1.82, 2.24) is 9.88 Å². The van der Waals surface area contributed by atoms with E-state index in [2.05, 4.69) is 6.07 Å². The van der Waals surface area contributed by atoms with Crippen molar-refractivity contribution in [3.63, 3.8) is 0 Å². The van der Waals surface area contributed by atoms with Crippen LogP contribution in [0.1, 0.15) is 67.1 Å². The van der Waals surface area contributed by atoms with Gasteiger partial charge < -0.3 is 9.64 Å². The van der Waals surface area contributed by atoms with E-state index >= 15 is 0 Å². The number of amides is 1. The van der Waals surface area contributed by atoms with E-state index in [0.717, 1.165) is 60.7 Å². The van der Waals surface area contributed by atoms with Gasteiger partial charge in [-0.15, -0.1) is 0 Å². The molecule has 1 atom stereocenters. The zero-order chi connectivity index (χ0) is 21.3. The van der Waals surface area contributed by atoms with Gasteiger partial charge in [0.2, 0.25) is 0 Å². The van der Waals surface area contributed by atoms with Crippen molar-refractivity contribution < 1.29 is 14.3 Å². The Kier molecular flexibility index (Phi) is 5.46. The smallest absolute Gasteiger partial charge is 0.339 e. The molecular weight excluding hydrogens is 378 g/mol. The van der Waals surface area contributed by atoms with Gasteiger partial charge >= 0.3 is 5.97 Å². The number of benzene rings is 1. The van der Waals surface area contributed by atoms with Crippen LogP contribution < -0.4 is 0 Å². The van der Waals surface area contributed by atoms with E-state index in [0.29, 0.717) is 18.4 Å². The number of aryl methyl sites for hydroxylation is 1. The number of rotatable bonds is 4. The molecule has 156 valence electrons. The Balaban J connectivity index is 1.59. The zero-order valence-electron chi connectivity index (χ0n) is 17.6. The lowest BCUT2D eigenvalue weighted by molar-refractivity contribution is -0.143. The Morgan fingerprint density at radius 2 is 1.90 bits per heavy atom. The summed E-state index contributed by atoms with van der Waals surface area (Å²) in [4.78, 5) is 32.5. The molecule has 0 spiro atoms. The number of carbonyl (C=O) groups is 2. The number of nitriles is 1. The Bertz CT molecular complexity index is 1030. The van der Waals surface area contributed by atoms with Crippen LogP contribution in [0.4, 0.5) is 0 Å². The predicted molar refractivity (Wildman–Crippen MR) is 113 cm³/mol. The molecule has 4 rings (SSSR count). The highest BCUT2D eigenvalue weighted by Gasteiger charge is 2.41. The molecule has 0 N–H and O–H groups in total. The maximum absolute atomic E-state index is 13.2. The third kappa shape index (κ3) is 3.43. The third-order valence-electron chi connectivity index (χ3n) is 6.62. The van der Waals surface area contributed by atoms with E-state index < -0.39 is 17.6 Å². The Labute approximate surface area is 176 Å². The van der Waals surface area contributed by atoms with Crippen LogP contribution in [0.25, 0.3) is 10.9 Å². The number of ether oxygens (including phenoxy) is 1. The zero-order valence-corrected chi connectivity index (χ0v) is 17.6. The van der Waals surface area contributed by atoms with Crippen molar-refractivity contribution in [3.05, 3.63) is 41.1 Å². The summed E-state index contributed by atoms with van der Waals surface area (Å²) in [5.41, 5.74) is 2.38. The van der Waals surface area contributed by atoms with Gasteiger partial charge in [-0.3, -0.25) is 9.78 Å². The first kappa shape index (κ1) is 20.3. The van der Waals surface area contributed by atoms with Crippen molar-refractivity contribution in [2.45, 2.75) is 69.9 Å². The van der Waals surface area contributed by atoms with Gasteiger partial charge in [0.25, 0.3) is 5.91 Å². The summed E-state index contributed by atoms with van der Waals surface area (Å²) < 4.78 is 5.67. The lowest BCUT2D eigenvalue weighted by atomic mass is 9.81. The summed E-state index contributed by atoms with van der Waals surface area (Å²) in [6.07, 6.45) is 5.89. The van der Waals surface area contributed by atoms with Crippen molar-refractivity contribution >= 4 is 22.8 Å². The molecule has 1 heterocycles. The van der Waals surface area contributed by atoms with Crippen LogP contribution in [-0.2, 0) is 22.4 Å². The van der Waals surface area contributed by atoms with Crippen LogP contribution in [0.5, 0.6) is 0 Å². The molecule has 1 fully saturated rings. The average Bonchev–Trinajstić information content (AvgIpc) is 3.24. The van der Waals surface area contributed by atoms with Gasteiger partial charge in [0, 0.05) is 18.1 Å². The Morgan fingerprint density at radius 3 is 2.63 bits per heavy atom. The minimum Gasteiger partial charge on any atom is -0.449 e. The number of para-hydroxylation sites is 1. The average molecular weight is 405 g/mol. The van der Waals surface area contributed by atoms with Gasteiger partial charge in [0.05, 0.1) is 17.1 Å². The van der Waals surface area contributed by atoms with Crippen LogP contribution in [0.2, 0.25) is 0 Å². The number of pyridine rings is 1. The molecule has 1 aromatic heterocycles. The number of hydrogen-bond acceptors (Lipinski definition) is 5. The van der Waals surface area contributed by atoms with E-state index in [1.54, 1.807) is 14.0 Å². The van der Waals surface area contributed by atoms with Crippen LogP contribution in [0, 0.1) is 11.3 Å². The van der Waals surface area contributed by atoms with Gasteiger partial charge in [-0.25, -0.2) is 4.79 Å². The van der Waals surface area contributed by atoms with E-state index in [-0.39, 0.29) is 5.91 Å². The Hall–Kier alpha value is -2.94. The number of likely N-dealkylation sites (N-methyl/N-ethyl adjacent to an activating group) is 1. The van der Waals surface area contributed by atoms with E-state index in [4.69, 9.17) is 9.72 Å². The summed E-state index contributed by atoms with van der Waals surface area (Å²) in [6, 6.07) is 9.91. The fourth-order valence-corrected chi connectivity index (χ4v) is 4.86. The second-order valence-corrected chi connectivity index (χ2v) is 8.43. The van der Waals surface area contributed by atoms with Crippen LogP contribution >= 0.6 is 0 Å². The number of nitrogens with zero attached hydrogens (tertiary/aromatic N) is 3. The topological polar surface area (TPSA) is 83.3 Å². The second kappa shape index (κ2) is 8.06. The quantitative estimate of drug-likeness (QED) is 0.719. The highest BCUT2D eigenvalue weighted by atomic mass is 16.5. The highest BCUT2D eigenvalue weighted by molar-refractivity contribution is 6.06. The number of esters is 1. The molecule has 0 saturated heterocycles. The maximum Gasteiger partial charge on any atom is 0.339 e. The molecule has 1 saturated carbocycles. The molecule has 0 radical (unpaired) electrons. The lowest BCUT2D eigenvalue weighted by Gasteiger charge is -2.39. The van der Waals surface area contributed by atoms with E-state index in [9.17, 15) is 14.9 Å². The van der Waals surface area contributed by atoms with Gasteiger partial charge in [-0.1, -0.05) is 37.5 Å². The lowest BCUT2D eigenvalue weighted by Crippen LogP contribution is -2.53. The van der Waals surface area contributed by atoms with Crippen molar-refractivity contribution in [2.24, 2.45) is 0 Å². The van der Waals surface area contributed by atoms with Crippen LogP contribution in [-0.4, -0.2) is 40.5 Å².